The van der Waals surface area contributed by atoms with Crippen LogP contribution in [0.1, 0.15) is 5.56 Å². The number of hydrogen-bond donors (Lipinski definition) is 1. The maximum absolute atomic E-state index is 12.8. The fourth-order valence-corrected chi connectivity index (χ4v) is 4.05. The van der Waals surface area contributed by atoms with Gasteiger partial charge in [-0.1, -0.05) is 46.9 Å². The number of nitriles is 1. The third-order valence-electron chi connectivity index (χ3n) is 3.54. The van der Waals surface area contributed by atoms with E-state index in [0.29, 0.717) is 16.3 Å². The highest BCUT2D eigenvalue weighted by atomic mass is 35.5. The van der Waals surface area contributed by atoms with Crippen LogP contribution in [-0.2, 0) is 9.84 Å². The minimum atomic E-state index is -3.88. The Bertz CT molecular complexity index is 1100. The normalized spacial score (nSPS) is 11.3. The van der Waals surface area contributed by atoms with Crippen LogP contribution in [0.4, 0.5) is 0 Å². The molecule has 3 rings (SSSR count). The number of nitrogens with zero attached hydrogens (tertiary/aromatic N) is 1. The molecule has 0 aliphatic carbocycles. The third-order valence-corrected chi connectivity index (χ3v) is 6.20. The van der Waals surface area contributed by atoms with Gasteiger partial charge in [-0.05, 0) is 42.0 Å². The molecule has 0 saturated carbocycles. The van der Waals surface area contributed by atoms with Crippen LogP contribution in [0.3, 0.4) is 0 Å². The van der Waals surface area contributed by atoms with Gasteiger partial charge in [0.1, 0.15) is 11.1 Å². The number of aromatic nitrogens is 1. The lowest BCUT2D eigenvalue weighted by Crippen LogP contribution is -2.02. The van der Waals surface area contributed by atoms with E-state index < -0.39 is 9.84 Å². The number of halogens is 3. The molecule has 0 radical (unpaired) electrons. The topological polar surface area (TPSA) is 73.7 Å². The van der Waals surface area contributed by atoms with E-state index in [4.69, 9.17) is 34.8 Å². The summed E-state index contributed by atoms with van der Waals surface area (Å²) in [7, 11) is -3.88. The van der Waals surface area contributed by atoms with Crippen molar-refractivity contribution in [1.29, 1.82) is 5.26 Å². The van der Waals surface area contributed by atoms with Gasteiger partial charge < -0.3 is 4.98 Å². The average molecular weight is 412 g/mol. The van der Waals surface area contributed by atoms with Crippen LogP contribution >= 0.6 is 34.8 Å². The maximum atomic E-state index is 12.8. The fraction of sp³-hybridized carbons (Fsp3) is 0. The lowest BCUT2D eigenvalue weighted by atomic mass is 10.1. The third kappa shape index (κ3) is 3.39. The second-order valence-electron chi connectivity index (χ2n) is 5.12. The molecule has 8 heteroatoms. The standard InChI is InChI=1S/C17H9Cl3N2O2S/c18-12-3-1-10(2-4-12)17-11(9-21)7-16(22-17)25(23,24)13-5-6-14(19)15(20)8-13/h1-8,22H. The van der Waals surface area contributed by atoms with Crippen molar-refractivity contribution in [3.8, 4) is 17.3 Å². The monoisotopic (exact) mass is 410 g/mol. The molecule has 0 spiro atoms. The summed E-state index contributed by atoms with van der Waals surface area (Å²) in [5.74, 6) is 0. The number of rotatable bonds is 3. The van der Waals surface area contributed by atoms with Crippen molar-refractivity contribution in [1.82, 2.24) is 4.98 Å². The summed E-state index contributed by atoms with van der Waals surface area (Å²) >= 11 is 17.6. The van der Waals surface area contributed by atoms with Gasteiger partial charge in [0.2, 0.25) is 9.84 Å². The molecule has 126 valence electrons. The van der Waals surface area contributed by atoms with Crippen molar-refractivity contribution >= 4 is 44.6 Å². The Hall–Kier alpha value is -1.97. The molecule has 0 atom stereocenters. The fourth-order valence-electron chi connectivity index (χ4n) is 2.28. The first kappa shape index (κ1) is 17.8. The highest BCUT2D eigenvalue weighted by Crippen LogP contribution is 2.31. The molecule has 0 aliphatic heterocycles. The summed E-state index contributed by atoms with van der Waals surface area (Å²) in [5.41, 5.74) is 1.26. The van der Waals surface area contributed by atoms with Crippen molar-refractivity contribution in [2.45, 2.75) is 9.92 Å². The van der Waals surface area contributed by atoms with Gasteiger partial charge in [-0.2, -0.15) is 5.26 Å². The Morgan fingerprint density at radius 2 is 1.60 bits per heavy atom. The molecule has 0 amide bonds. The minimum Gasteiger partial charge on any atom is -0.344 e. The lowest BCUT2D eigenvalue weighted by molar-refractivity contribution is 0.593. The highest BCUT2D eigenvalue weighted by Gasteiger charge is 2.23. The van der Waals surface area contributed by atoms with E-state index in [2.05, 4.69) is 4.98 Å². The van der Waals surface area contributed by atoms with Crippen LogP contribution in [-0.4, -0.2) is 13.4 Å². The molecule has 4 nitrogen and oxygen atoms in total. The van der Waals surface area contributed by atoms with Crippen molar-refractivity contribution < 1.29 is 8.42 Å². The minimum absolute atomic E-state index is 0.0182. The molecule has 1 N–H and O–H groups in total. The summed E-state index contributed by atoms with van der Waals surface area (Å²) in [4.78, 5) is 2.79. The molecule has 2 aromatic carbocycles. The molecule has 0 bridgehead atoms. The molecule has 0 fully saturated rings. The van der Waals surface area contributed by atoms with Gasteiger partial charge in [0, 0.05) is 5.02 Å². The number of benzene rings is 2. The highest BCUT2D eigenvalue weighted by molar-refractivity contribution is 7.91. The molecular formula is C17H9Cl3N2O2S. The van der Waals surface area contributed by atoms with E-state index in [9.17, 15) is 13.7 Å². The Labute approximate surface area is 159 Å². The average Bonchev–Trinajstić information content (AvgIpc) is 3.03. The van der Waals surface area contributed by atoms with Crippen LogP contribution in [0, 0.1) is 11.3 Å². The molecule has 3 aromatic rings. The molecule has 25 heavy (non-hydrogen) atoms. The predicted molar refractivity (Wildman–Crippen MR) is 97.9 cm³/mol. The van der Waals surface area contributed by atoms with Gasteiger partial charge in [-0.3, -0.25) is 0 Å². The SMILES string of the molecule is N#Cc1cc(S(=O)(=O)c2ccc(Cl)c(Cl)c2)[nH]c1-c1ccc(Cl)cc1. The van der Waals surface area contributed by atoms with Crippen LogP contribution in [0.2, 0.25) is 15.1 Å². The van der Waals surface area contributed by atoms with Crippen molar-refractivity contribution in [2.75, 3.05) is 0 Å². The Morgan fingerprint density at radius 1 is 0.920 bits per heavy atom. The van der Waals surface area contributed by atoms with Gasteiger partial charge in [0.15, 0.2) is 0 Å². The first-order chi connectivity index (χ1) is 11.8. The number of aromatic amines is 1. The summed E-state index contributed by atoms with van der Waals surface area (Å²) < 4.78 is 25.6. The van der Waals surface area contributed by atoms with Crippen molar-refractivity contribution in [2.24, 2.45) is 0 Å². The zero-order valence-electron chi connectivity index (χ0n) is 12.4. The molecule has 1 aromatic heterocycles. The van der Waals surface area contributed by atoms with Crippen molar-refractivity contribution in [3.63, 3.8) is 0 Å². The summed E-state index contributed by atoms with van der Waals surface area (Å²) in [6, 6.07) is 14.0. The van der Waals surface area contributed by atoms with Gasteiger partial charge >= 0.3 is 0 Å². The van der Waals surface area contributed by atoms with Crippen molar-refractivity contribution in [3.05, 3.63) is 69.2 Å². The van der Waals surface area contributed by atoms with E-state index in [1.807, 2.05) is 6.07 Å². The lowest BCUT2D eigenvalue weighted by Gasteiger charge is -2.04. The van der Waals surface area contributed by atoms with E-state index in [1.54, 1.807) is 24.3 Å². The van der Waals surface area contributed by atoms with Gasteiger partial charge in [0.05, 0.1) is 26.2 Å². The van der Waals surface area contributed by atoms with Crippen LogP contribution in [0.15, 0.2) is 58.5 Å². The summed E-state index contributed by atoms with van der Waals surface area (Å²) in [6.07, 6.45) is 0. The van der Waals surface area contributed by atoms with Gasteiger partial charge in [-0.15, -0.1) is 0 Å². The number of nitrogens with one attached hydrogen (secondary N) is 1. The van der Waals surface area contributed by atoms with E-state index >= 15 is 0 Å². The zero-order chi connectivity index (χ0) is 18.2. The number of sulfone groups is 1. The number of H-pyrrole nitrogens is 1. The van der Waals surface area contributed by atoms with Crippen LogP contribution in [0.25, 0.3) is 11.3 Å². The largest absolute Gasteiger partial charge is 0.344 e. The van der Waals surface area contributed by atoms with Gasteiger partial charge in [0.25, 0.3) is 0 Å². The Morgan fingerprint density at radius 3 is 2.20 bits per heavy atom. The number of hydrogen-bond acceptors (Lipinski definition) is 3. The molecule has 0 saturated heterocycles. The van der Waals surface area contributed by atoms with Gasteiger partial charge in [-0.25, -0.2) is 8.42 Å². The molecule has 1 heterocycles. The second-order valence-corrected chi connectivity index (χ2v) is 8.29. The zero-order valence-corrected chi connectivity index (χ0v) is 15.5. The smallest absolute Gasteiger partial charge is 0.221 e. The van der Waals surface area contributed by atoms with E-state index in [-0.39, 0.29) is 25.5 Å². The second kappa shape index (κ2) is 6.74. The van der Waals surface area contributed by atoms with Crippen LogP contribution < -0.4 is 0 Å². The Balaban J connectivity index is 2.13. The van der Waals surface area contributed by atoms with E-state index in [0.717, 1.165) is 0 Å². The predicted octanol–water partition coefficient (Wildman–Crippen LogP) is 5.35. The summed E-state index contributed by atoms with van der Waals surface area (Å²) in [5, 5.41) is 10.2. The quantitative estimate of drug-likeness (QED) is 0.631. The molecule has 0 unspecified atom stereocenters. The first-order valence-corrected chi connectivity index (χ1v) is 9.54. The molecular weight excluding hydrogens is 403 g/mol. The van der Waals surface area contributed by atoms with Crippen LogP contribution in [0.5, 0.6) is 0 Å². The van der Waals surface area contributed by atoms with E-state index in [1.165, 1.54) is 24.3 Å². The maximum Gasteiger partial charge on any atom is 0.221 e. The molecule has 0 aliphatic rings. The Kier molecular flexibility index (Phi) is 4.81. The first-order valence-electron chi connectivity index (χ1n) is 6.92. The summed E-state index contributed by atoms with van der Waals surface area (Å²) in [6.45, 7) is 0.